The van der Waals surface area contributed by atoms with Crippen LogP contribution in [0.1, 0.15) is 0 Å². The first-order valence-corrected chi connectivity index (χ1v) is 11.1. The van der Waals surface area contributed by atoms with E-state index in [1.807, 2.05) is 37.2 Å². The van der Waals surface area contributed by atoms with E-state index < -0.39 is 16.1 Å². The standard InChI is InChI=1S/C21H23ClN4O3S/c1-26(2)19-11-5-8-16-15(19)7-6-12-20(16)30(28,29)24-14-13-23-21(27)25-18-10-4-3-9-17(18)22/h3-12,24H,13-14H2,1-2H3,(H2,23,25,27). The number of sulfonamides is 1. The molecule has 7 nitrogen and oxygen atoms in total. The van der Waals surface area contributed by atoms with Crippen LogP contribution in [0.25, 0.3) is 10.8 Å². The third-order valence-corrected chi connectivity index (χ3v) is 6.30. The van der Waals surface area contributed by atoms with Crippen molar-refractivity contribution in [2.45, 2.75) is 4.90 Å². The first-order chi connectivity index (χ1) is 14.3. The molecule has 2 amide bonds. The molecule has 3 aromatic rings. The number of nitrogens with one attached hydrogen (secondary N) is 3. The van der Waals surface area contributed by atoms with Crippen LogP contribution in [0.4, 0.5) is 16.2 Å². The summed E-state index contributed by atoms with van der Waals surface area (Å²) >= 11 is 6.00. The molecule has 0 bridgehead atoms. The zero-order chi connectivity index (χ0) is 21.7. The molecule has 0 saturated heterocycles. The highest BCUT2D eigenvalue weighted by atomic mass is 35.5. The fourth-order valence-electron chi connectivity index (χ4n) is 3.06. The van der Waals surface area contributed by atoms with Crippen LogP contribution in [-0.2, 0) is 10.0 Å². The van der Waals surface area contributed by atoms with Crippen molar-refractivity contribution in [2.75, 3.05) is 37.4 Å². The van der Waals surface area contributed by atoms with Crippen molar-refractivity contribution in [1.29, 1.82) is 0 Å². The van der Waals surface area contributed by atoms with Crippen LogP contribution in [0, 0.1) is 0 Å². The first kappa shape index (κ1) is 21.9. The lowest BCUT2D eigenvalue weighted by atomic mass is 10.1. The second-order valence-corrected chi connectivity index (χ2v) is 8.92. The van der Waals surface area contributed by atoms with Crippen LogP contribution in [0.15, 0.2) is 65.6 Å². The largest absolute Gasteiger partial charge is 0.377 e. The number of carbonyl (C=O) groups excluding carboxylic acids is 1. The van der Waals surface area contributed by atoms with Gasteiger partial charge in [-0.1, -0.05) is 48.0 Å². The predicted octanol–water partition coefficient (Wildman–Crippen LogP) is 3.66. The van der Waals surface area contributed by atoms with Crippen molar-refractivity contribution in [2.24, 2.45) is 0 Å². The van der Waals surface area contributed by atoms with E-state index in [0.29, 0.717) is 16.1 Å². The molecule has 0 heterocycles. The number of benzene rings is 3. The number of carbonyl (C=O) groups is 1. The summed E-state index contributed by atoms with van der Waals surface area (Å²) in [5.74, 6) is 0. The molecule has 3 rings (SSSR count). The molecule has 0 spiro atoms. The Bertz CT molecular complexity index is 1170. The maximum atomic E-state index is 12.8. The number of amides is 2. The quantitative estimate of drug-likeness (QED) is 0.483. The third kappa shape index (κ3) is 5.02. The predicted molar refractivity (Wildman–Crippen MR) is 122 cm³/mol. The Morgan fingerprint density at radius 2 is 1.63 bits per heavy atom. The van der Waals surface area contributed by atoms with Crippen LogP contribution >= 0.6 is 11.6 Å². The Morgan fingerprint density at radius 3 is 2.37 bits per heavy atom. The van der Waals surface area contributed by atoms with Crippen molar-refractivity contribution in [3.8, 4) is 0 Å². The summed E-state index contributed by atoms with van der Waals surface area (Å²) in [7, 11) is 0.0663. The Hall–Kier alpha value is -2.81. The van der Waals surface area contributed by atoms with Gasteiger partial charge < -0.3 is 15.5 Å². The molecule has 0 atom stereocenters. The van der Waals surface area contributed by atoms with E-state index in [9.17, 15) is 13.2 Å². The monoisotopic (exact) mass is 446 g/mol. The fourth-order valence-corrected chi connectivity index (χ4v) is 4.49. The molecule has 3 N–H and O–H groups in total. The van der Waals surface area contributed by atoms with E-state index in [4.69, 9.17) is 11.6 Å². The van der Waals surface area contributed by atoms with Gasteiger partial charge in [0.25, 0.3) is 0 Å². The number of anilines is 2. The minimum atomic E-state index is -3.75. The van der Waals surface area contributed by atoms with Crippen LogP contribution in [-0.4, -0.2) is 41.6 Å². The zero-order valence-electron chi connectivity index (χ0n) is 16.6. The minimum absolute atomic E-state index is 0.0437. The molecule has 158 valence electrons. The van der Waals surface area contributed by atoms with Gasteiger partial charge in [-0.05, 0) is 24.3 Å². The Balaban J connectivity index is 1.64. The number of hydrogen-bond donors (Lipinski definition) is 3. The van der Waals surface area contributed by atoms with Crippen molar-refractivity contribution < 1.29 is 13.2 Å². The second-order valence-electron chi connectivity index (χ2n) is 6.78. The molecule has 0 aliphatic rings. The van der Waals surface area contributed by atoms with E-state index in [1.165, 1.54) is 0 Å². The number of halogens is 1. The number of para-hydroxylation sites is 1. The van der Waals surface area contributed by atoms with E-state index in [0.717, 1.165) is 11.1 Å². The van der Waals surface area contributed by atoms with Gasteiger partial charge in [-0.3, -0.25) is 0 Å². The molecular formula is C21H23ClN4O3S. The number of nitrogens with zero attached hydrogens (tertiary/aromatic N) is 1. The van der Waals surface area contributed by atoms with Crippen LogP contribution < -0.4 is 20.3 Å². The van der Waals surface area contributed by atoms with E-state index in [1.54, 1.807) is 42.5 Å². The normalized spacial score (nSPS) is 11.3. The Labute approximate surface area is 181 Å². The second kappa shape index (κ2) is 9.34. The molecular weight excluding hydrogens is 424 g/mol. The van der Waals surface area contributed by atoms with Crippen molar-refractivity contribution in [1.82, 2.24) is 10.0 Å². The van der Waals surface area contributed by atoms with Gasteiger partial charge in [0.2, 0.25) is 10.0 Å². The molecule has 3 aromatic carbocycles. The highest BCUT2D eigenvalue weighted by Crippen LogP contribution is 2.30. The summed E-state index contributed by atoms with van der Waals surface area (Å²) in [6.07, 6.45) is 0. The molecule has 0 aliphatic carbocycles. The van der Waals surface area contributed by atoms with Crippen LogP contribution in [0.5, 0.6) is 0 Å². The van der Waals surface area contributed by atoms with Crippen LogP contribution in [0.2, 0.25) is 5.02 Å². The van der Waals surface area contributed by atoms with Crippen molar-refractivity contribution in [3.63, 3.8) is 0 Å². The minimum Gasteiger partial charge on any atom is -0.377 e. The summed E-state index contributed by atoms with van der Waals surface area (Å²) in [5.41, 5.74) is 1.41. The highest BCUT2D eigenvalue weighted by Gasteiger charge is 2.18. The van der Waals surface area contributed by atoms with Crippen molar-refractivity contribution in [3.05, 3.63) is 65.7 Å². The molecule has 0 saturated carbocycles. The molecule has 30 heavy (non-hydrogen) atoms. The molecule has 0 aromatic heterocycles. The van der Waals surface area contributed by atoms with Gasteiger partial charge in [-0.2, -0.15) is 0 Å². The number of urea groups is 1. The number of fused-ring (bicyclic) bond motifs is 1. The average Bonchev–Trinajstić information content (AvgIpc) is 2.72. The Kier molecular flexibility index (Phi) is 6.81. The zero-order valence-corrected chi connectivity index (χ0v) is 18.2. The first-order valence-electron chi connectivity index (χ1n) is 9.28. The number of rotatable bonds is 7. The van der Waals surface area contributed by atoms with Gasteiger partial charge in [-0.25, -0.2) is 17.9 Å². The van der Waals surface area contributed by atoms with Gasteiger partial charge in [0.15, 0.2) is 0 Å². The van der Waals surface area contributed by atoms with Gasteiger partial charge in [0.1, 0.15) is 0 Å². The molecule has 0 unspecified atom stereocenters. The topological polar surface area (TPSA) is 90.5 Å². The summed E-state index contributed by atoms with van der Waals surface area (Å²) in [6, 6.07) is 17.1. The lowest BCUT2D eigenvalue weighted by molar-refractivity contribution is 0.252. The molecule has 0 radical (unpaired) electrons. The SMILES string of the molecule is CN(C)c1cccc2c(S(=O)(=O)NCCNC(=O)Nc3ccccc3Cl)cccc12. The summed E-state index contributed by atoms with van der Waals surface area (Å²) in [5, 5.41) is 7.13. The maximum Gasteiger partial charge on any atom is 0.319 e. The van der Waals surface area contributed by atoms with Crippen molar-refractivity contribution >= 4 is 49.8 Å². The average molecular weight is 447 g/mol. The molecule has 9 heteroatoms. The summed E-state index contributed by atoms with van der Waals surface area (Å²) < 4.78 is 28.2. The van der Waals surface area contributed by atoms with Gasteiger partial charge in [0, 0.05) is 43.6 Å². The van der Waals surface area contributed by atoms with E-state index in [2.05, 4.69) is 15.4 Å². The Morgan fingerprint density at radius 1 is 0.933 bits per heavy atom. The number of hydrogen-bond acceptors (Lipinski definition) is 4. The smallest absolute Gasteiger partial charge is 0.319 e. The molecule has 0 aliphatic heterocycles. The van der Waals surface area contributed by atoms with Gasteiger partial charge >= 0.3 is 6.03 Å². The maximum absolute atomic E-state index is 12.8. The summed E-state index contributed by atoms with van der Waals surface area (Å²) in [4.78, 5) is 14.1. The van der Waals surface area contributed by atoms with Gasteiger partial charge in [-0.15, -0.1) is 0 Å². The van der Waals surface area contributed by atoms with E-state index >= 15 is 0 Å². The van der Waals surface area contributed by atoms with Gasteiger partial charge in [0.05, 0.1) is 15.6 Å². The highest BCUT2D eigenvalue weighted by molar-refractivity contribution is 7.89. The third-order valence-electron chi connectivity index (χ3n) is 4.46. The molecule has 0 fully saturated rings. The lowest BCUT2D eigenvalue weighted by Gasteiger charge is -2.17. The van der Waals surface area contributed by atoms with E-state index in [-0.39, 0.29) is 18.0 Å². The van der Waals surface area contributed by atoms with Crippen LogP contribution in [0.3, 0.4) is 0 Å². The lowest BCUT2D eigenvalue weighted by Crippen LogP contribution is -2.36. The fraction of sp³-hybridized carbons (Fsp3) is 0.190. The summed E-state index contributed by atoms with van der Waals surface area (Å²) in [6.45, 7) is 0.158.